The minimum Gasteiger partial charge on any atom is -0.508 e. The molecule has 1 rings (SSSR count). The lowest BCUT2D eigenvalue weighted by atomic mass is 10.2. The van der Waals surface area contributed by atoms with Crippen LogP contribution in [0.2, 0.25) is 5.02 Å². The van der Waals surface area contributed by atoms with E-state index < -0.39 is 0 Å². The largest absolute Gasteiger partial charge is 0.508 e. The highest BCUT2D eigenvalue weighted by atomic mass is 35.5. The summed E-state index contributed by atoms with van der Waals surface area (Å²) in [7, 11) is 0. The molecule has 76 valence electrons. The summed E-state index contributed by atoms with van der Waals surface area (Å²) >= 11 is 5.70. The third kappa shape index (κ3) is 3.26. The Morgan fingerprint density at radius 2 is 2.21 bits per heavy atom. The lowest BCUT2D eigenvalue weighted by molar-refractivity contribution is -0.116. The standard InChI is InChI=1S/C10H12ClNO2/c1-2-3-10(14)12-8-4-7(11)5-9(13)6-8/h4-6,13H,2-3H2,1H3,(H,12,14). The Labute approximate surface area is 87.7 Å². The zero-order valence-corrected chi connectivity index (χ0v) is 8.64. The number of nitrogens with one attached hydrogen (secondary N) is 1. The first-order chi connectivity index (χ1) is 6.61. The van der Waals surface area contributed by atoms with Crippen molar-refractivity contribution in [3.8, 4) is 5.75 Å². The van der Waals surface area contributed by atoms with Gasteiger partial charge in [-0.3, -0.25) is 4.79 Å². The number of phenolic OH excluding ortho intramolecular Hbond substituents is 1. The van der Waals surface area contributed by atoms with Crippen molar-refractivity contribution in [3.63, 3.8) is 0 Å². The second-order valence-electron chi connectivity index (χ2n) is 3.00. The summed E-state index contributed by atoms with van der Waals surface area (Å²) < 4.78 is 0. The average Bonchev–Trinajstić information content (AvgIpc) is 2.01. The predicted molar refractivity (Wildman–Crippen MR) is 56.7 cm³/mol. The van der Waals surface area contributed by atoms with Gasteiger partial charge >= 0.3 is 0 Å². The Hall–Kier alpha value is -1.22. The fourth-order valence-corrected chi connectivity index (χ4v) is 1.33. The van der Waals surface area contributed by atoms with Gasteiger partial charge in [-0.25, -0.2) is 0 Å². The first-order valence-electron chi connectivity index (χ1n) is 4.41. The molecule has 0 aliphatic rings. The predicted octanol–water partition coefficient (Wildman–Crippen LogP) is 2.78. The van der Waals surface area contributed by atoms with Gasteiger partial charge in [0.05, 0.1) is 0 Å². The molecule has 2 N–H and O–H groups in total. The molecule has 0 aromatic heterocycles. The molecule has 0 saturated carbocycles. The van der Waals surface area contributed by atoms with Crippen molar-refractivity contribution >= 4 is 23.2 Å². The zero-order valence-electron chi connectivity index (χ0n) is 7.88. The number of phenols is 1. The summed E-state index contributed by atoms with van der Waals surface area (Å²) in [6.07, 6.45) is 1.26. The third-order valence-corrected chi connectivity index (χ3v) is 1.86. The van der Waals surface area contributed by atoms with Gasteiger partial charge in [0.15, 0.2) is 0 Å². The van der Waals surface area contributed by atoms with Crippen LogP contribution in [0, 0.1) is 0 Å². The Kier molecular flexibility index (Phi) is 3.77. The van der Waals surface area contributed by atoms with Crippen LogP contribution < -0.4 is 5.32 Å². The average molecular weight is 214 g/mol. The number of carbonyl (C=O) groups excluding carboxylic acids is 1. The number of anilines is 1. The van der Waals surface area contributed by atoms with Gasteiger partial charge in [0, 0.05) is 23.2 Å². The normalized spacial score (nSPS) is 9.86. The summed E-state index contributed by atoms with van der Waals surface area (Å²) in [5.41, 5.74) is 0.522. The number of hydrogen-bond acceptors (Lipinski definition) is 2. The Morgan fingerprint density at radius 1 is 1.50 bits per heavy atom. The van der Waals surface area contributed by atoms with E-state index in [9.17, 15) is 9.90 Å². The Balaban J connectivity index is 2.71. The molecule has 0 aliphatic carbocycles. The first-order valence-corrected chi connectivity index (χ1v) is 4.79. The smallest absolute Gasteiger partial charge is 0.224 e. The highest BCUT2D eigenvalue weighted by molar-refractivity contribution is 6.31. The molecular weight excluding hydrogens is 202 g/mol. The van der Waals surface area contributed by atoms with Crippen LogP contribution in [0.25, 0.3) is 0 Å². The van der Waals surface area contributed by atoms with Crippen LogP contribution >= 0.6 is 11.6 Å². The molecule has 0 heterocycles. The zero-order chi connectivity index (χ0) is 10.6. The van der Waals surface area contributed by atoms with Crippen LogP contribution in [0.15, 0.2) is 18.2 Å². The van der Waals surface area contributed by atoms with Gasteiger partial charge in [-0.15, -0.1) is 0 Å². The molecule has 14 heavy (non-hydrogen) atoms. The van der Waals surface area contributed by atoms with Crippen molar-refractivity contribution in [1.29, 1.82) is 0 Å². The van der Waals surface area contributed by atoms with Crippen LogP contribution in [0.4, 0.5) is 5.69 Å². The molecular formula is C10H12ClNO2. The van der Waals surface area contributed by atoms with Gasteiger partial charge in [0.2, 0.25) is 5.91 Å². The highest BCUT2D eigenvalue weighted by Gasteiger charge is 2.02. The second-order valence-corrected chi connectivity index (χ2v) is 3.43. The summed E-state index contributed by atoms with van der Waals surface area (Å²) in [5.74, 6) is -0.0292. The van der Waals surface area contributed by atoms with Gasteiger partial charge in [0.25, 0.3) is 0 Å². The van der Waals surface area contributed by atoms with Gasteiger partial charge in [-0.05, 0) is 18.6 Å². The monoisotopic (exact) mass is 213 g/mol. The van der Waals surface area contributed by atoms with E-state index in [-0.39, 0.29) is 11.7 Å². The van der Waals surface area contributed by atoms with Gasteiger partial charge in [-0.2, -0.15) is 0 Å². The van der Waals surface area contributed by atoms with Crippen molar-refractivity contribution in [3.05, 3.63) is 23.2 Å². The summed E-state index contributed by atoms with van der Waals surface area (Å²) in [6, 6.07) is 4.46. The number of benzene rings is 1. The highest BCUT2D eigenvalue weighted by Crippen LogP contribution is 2.23. The molecule has 3 nitrogen and oxygen atoms in total. The molecule has 0 unspecified atom stereocenters. The molecule has 4 heteroatoms. The lowest BCUT2D eigenvalue weighted by Crippen LogP contribution is -2.10. The minimum atomic E-state index is -0.0748. The molecule has 1 aromatic carbocycles. The molecule has 1 aromatic rings. The molecule has 0 radical (unpaired) electrons. The number of amides is 1. The summed E-state index contributed by atoms with van der Waals surface area (Å²) in [5, 5.41) is 12.2. The molecule has 0 fully saturated rings. The third-order valence-electron chi connectivity index (χ3n) is 1.64. The van der Waals surface area contributed by atoms with Crippen LogP contribution in [-0.4, -0.2) is 11.0 Å². The molecule has 0 bridgehead atoms. The number of carbonyl (C=O) groups is 1. The van der Waals surface area contributed by atoms with Crippen LogP contribution in [0.5, 0.6) is 5.75 Å². The number of hydrogen-bond donors (Lipinski definition) is 2. The van der Waals surface area contributed by atoms with Crippen LogP contribution in [0.1, 0.15) is 19.8 Å². The number of halogens is 1. The fourth-order valence-electron chi connectivity index (χ4n) is 1.10. The van der Waals surface area contributed by atoms with Crippen molar-refractivity contribution in [1.82, 2.24) is 0 Å². The van der Waals surface area contributed by atoms with E-state index in [1.54, 1.807) is 6.07 Å². The number of aromatic hydroxyl groups is 1. The van der Waals surface area contributed by atoms with E-state index in [1.165, 1.54) is 12.1 Å². The Morgan fingerprint density at radius 3 is 2.79 bits per heavy atom. The summed E-state index contributed by atoms with van der Waals surface area (Å²) in [4.78, 5) is 11.2. The second kappa shape index (κ2) is 4.86. The van der Waals surface area contributed by atoms with E-state index in [0.717, 1.165) is 6.42 Å². The molecule has 1 amide bonds. The quantitative estimate of drug-likeness (QED) is 0.811. The lowest BCUT2D eigenvalue weighted by Gasteiger charge is -2.05. The fraction of sp³-hybridized carbons (Fsp3) is 0.300. The summed E-state index contributed by atoms with van der Waals surface area (Å²) in [6.45, 7) is 1.93. The maximum Gasteiger partial charge on any atom is 0.224 e. The van der Waals surface area contributed by atoms with Gasteiger partial charge < -0.3 is 10.4 Å². The maximum absolute atomic E-state index is 11.2. The van der Waals surface area contributed by atoms with Gasteiger partial charge in [-0.1, -0.05) is 18.5 Å². The van der Waals surface area contributed by atoms with E-state index in [2.05, 4.69) is 5.32 Å². The van der Waals surface area contributed by atoms with Crippen molar-refractivity contribution in [2.24, 2.45) is 0 Å². The van der Waals surface area contributed by atoms with Crippen molar-refractivity contribution < 1.29 is 9.90 Å². The van der Waals surface area contributed by atoms with Crippen molar-refractivity contribution in [2.75, 3.05) is 5.32 Å². The minimum absolute atomic E-state index is 0.0456. The van der Waals surface area contributed by atoms with Crippen molar-refractivity contribution in [2.45, 2.75) is 19.8 Å². The molecule has 0 spiro atoms. The van der Waals surface area contributed by atoms with Crippen LogP contribution in [0.3, 0.4) is 0 Å². The van der Waals surface area contributed by atoms with Gasteiger partial charge in [0.1, 0.15) is 5.75 Å². The molecule has 0 aliphatic heterocycles. The topological polar surface area (TPSA) is 49.3 Å². The first kappa shape index (κ1) is 10.9. The van der Waals surface area contributed by atoms with E-state index >= 15 is 0 Å². The Bertz CT molecular complexity index is 319. The molecule has 0 saturated heterocycles. The van der Waals surface area contributed by atoms with E-state index in [1.807, 2.05) is 6.92 Å². The van der Waals surface area contributed by atoms with E-state index in [0.29, 0.717) is 17.1 Å². The van der Waals surface area contributed by atoms with Crippen LogP contribution in [-0.2, 0) is 4.79 Å². The maximum atomic E-state index is 11.2. The SMILES string of the molecule is CCCC(=O)Nc1cc(O)cc(Cl)c1. The number of rotatable bonds is 3. The van der Waals surface area contributed by atoms with E-state index in [4.69, 9.17) is 11.6 Å². The molecule has 0 atom stereocenters.